The molecule has 2 heterocycles. The van der Waals surface area contributed by atoms with Crippen LogP contribution in [0.25, 0.3) is 11.3 Å². The number of carbonyl (C=O) groups is 1. The fourth-order valence-electron chi connectivity index (χ4n) is 3.50. The van der Waals surface area contributed by atoms with Crippen molar-refractivity contribution in [2.45, 2.75) is 27.0 Å². The van der Waals surface area contributed by atoms with Crippen LogP contribution < -0.4 is 14.4 Å². The highest BCUT2D eigenvalue weighted by Crippen LogP contribution is 2.38. The summed E-state index contributed by atoms with van der Waals surface area (Å²) in [5.74, 6) is 1.41. The Morgan fingerprint density at radius 3 is 2.75 bits per heavy atom. The van der Waals surface area contributed by atoms with Crippen LogP contribution in [0.2, 0.25) is 0 Å². The predicted molar refractivity (Wildman–Crippen MR) is 108 cm³/mol. The maximum absolute atomic E-state index is 13.0. The number of methoxy groups -OCH3 is 1. The van der Waals surface area contributed by atoms with Gasteiger partial charge in [-0.25, -0.2) is 0 Å². The molecule has 4 rings (SSSR count). The van der Waals surface area contributed by atoms with Crippen molar-refractivity contribution in [3.8, 4) is 22.8 Å². The third kappa shape index (κ3) is 3.11. The average molecular weight is 377 g/mol. The first-order valence-electron chi connectivity index (χ1n) is 9.17. The third-order valence-corrected chi connectivity index (χ3v) is 5.04. The van der Waals surface area contributed by atoms with Gasteiger partial charge in [-0.2, -0.15) is 5.10 Å². The standard InChI is InChI=1S/C22H23N3O3/c1-14-5-7-19-17(9-14)22-16(13-28-19)11-23-25(22)12-21(26)24(3)18-10-15(2)6-8-20(18)27-4/h5-11H,12-13H2,1-4H3. The Hall–Kier alpha value is -3.28. The van der Waals surface area contributed by atoms with Crippen molar-refractivity contribution in [3.63, 3.8) is 0 Å². The van der Waals surface area contributed by atoms with Gasteiger partial charge in [0, 0.05) is 18.2 Å². The number of fused-ring (bicyclic) bond motifs is 3. The smallest absolute Gasteiger partial charge is 0.248 e. The molecule has 1 aromatic heterocycles. The predicted octanol–water partition coefficient (Wildman–Crippen LogP) is 3.73. The van der Waals surface area contributed by atoms with E-state index in [-0.39, 0.29) is 12.5 Å². The fraction of sp³-hybridized carbons (Fsp3) is 0.273. The highest BCUT2D eigenvalue weighted by atomic mass is 16.5. The molecule has 0 aliphatic carbocycles. The van der Waals surface area contributed by atoms with Gasteiger partial charge in [-0.15, -0.1) is 0 Å². The van der Waals surface area contributed by atoms with Crippen molar-refractivity contribution in [2.24, 2.45) is 0 Å². The second-order valence-corrected chi connectivity index (χ2v) is 7.09. The molecule has 2 aromatic carbocycles. The van der Waals surface area contributed by atoms with Crippen LogP contribution in [0, 0.1) is 13.8 Å². The Bertz CT molecular complexity index is 1060. The summed E-state index contributed by atoms with van der Waals surface area (Å²) in [5, 5.41) is 4.46. The number of rotatable bonds is 4. The zero-order chi connectivity index (χ0) is 19.8. The normalized spacial score (nSPS) is 12.0. The number of benzene rings is 2. The molecular formula is C22H23N3O3. The molecule has 0 bridgehead atoms. The molecular weight excluding hydrogens is 354 g/mol. The molecule has 0 radical (unpaired) electrons. The van der Waals surface area contributed by atoms with Gasteiger partial charge in [0.05, 0.1) is 24.7 Å². The zero-order valence-electron chi connectivity index (χ0n) is 16.5. The maximum Gasteiger partial charge on any atom is 0.248 e. The lowest BCUT2D eigenvalue weighted by Crippen LogP contribution is -2.31. The Labute approximate surface area is 164 Å². The molecule has 0 saturated heterocycles. The van der Waals surface area contributed by atoms with E-state index in [9.17, 15) is 4.79 Å². The topological polar surface area (TPSA) is 56.6 Å². The molecule has 3 aromatic rings. The number of hydrogen-bond acceptors (Lipinski definition) is 4. The highest BCUT2D eigenvalue weighted by molar-refractivity contribution is 5.94. The third-order valence-electron chi connectivity index (χ3n) is 5.04. The molecule has 144 valence electrons. The van der Waals surface area contributed by atoms with E-state index in [4.69, 9.17) is 9.47 Å². The number of aryl methyl sites for hydroxylation is 2. The van der Waals surface area contributed by atoms with Gasteiger partial charge in [0.1, 0.15) is 24.7 Å². The lowest BCUT2D eigenvalue weighted by molar-refractivity contribution is -0.119. The van der Waals surface area contributed by atoms with Gasteiger partial charge in [0.25, 0.3) is 0 Å². The Morgan fingerprint density at radius 1 is 1.21 bits per heavy atom. The zero-order valence-corrected chi connectivity index (χ0v) is 16.5. The first-order chi connectivity index (χ1) is 13.5. The van der Waals surface area contributed by atoms with Crippen molar-refractivity contribution in [1.29, 1.82) is 0 Å². The first-order valence-corrected chi connectivity index (χ1v) is 9.17. The maximum atomic E-state index is 13.0. The molecule has 28 heavy (non-hydrogen) atoms. The van der Waals surface area contributed by atoms with E-state index in [0.29, 0.717) is 12.4 Å². The summed E-state index contributed by atoms with van der Waals surface area (Å²) in [7, 11) is 3.37. The van der Waals surface area contributed by atoms with Crippen molar-refractivity contribution in [2.75, 3.05) is 19.1 Å². The summed E-state index contributed by atoms with van der Waals surface area (Å²) in [6.45, 7) is 4.63. The van der Waals surface area contributed by atoms with E-state index in [0.717, 1.165) is 39.4 Å². The quantitative estimate of drug-likeness (QED) is 0.695. The number of hydrogen-bond donors (Lipinski definition) is 0. The van der Waals surface area contributed by atoms with Gasteiger partial charge in [-0.1, -0.05) is 17.7 Å². The summed E-state index contributed by atoms with van der Waals surface area (Å²) in [6.07, 6.45) is 1.78. The molecule has 0 unspecified atom stereocenters. The molecule has 6 heteroatoms. The van der Waals surface area contributed by atoms with Gasteiger partial charge >= 0.3 is 0 Å². The molecule has 0 saturated carbocycles. The average Bonchev–Trinajstić information content (AvgIpc) is 3.10. The van der Waals surface area contributed by atoms with Crippen LogP contribution in [-0.2, 0) is 17.9 Å². The van der Waals surface area contributed by atoms with E-state index in [1.165, 1.54) is 0 Å². The second-order valence-electron chi connectivity index (χ2n) is 7.09. The van der Waals surface area contributed by atoms with Crippen molar-refractivity contribution >= 4 is 11.6 Å². The van der Waals surface area contributed by atoms with E-state index >= 15 is 0 Å². The van der Waals surface area contributed by atoms with Crippen molar-refractivity contribution < 1.29 is 14.3 Å². The lowest BCUT2D eigenvalue weighted by Gasteiger charge is -2.22. The van der Waals surface area contributed by atoms with Crippen LogP contribution in [0.3, 0.4) is 0 Å². The van der Waals surface area contributed by atoms with E-state index in [1.54, 1.807) is 29.9 Å². The summed E-state index contributed by atoms with van der Waals surface area (Å²) in [4.78, 5) is 14.7. The highest BCUT2D eigenvalue weighted by Gasteiger charge is 2.24. The largest absolute Gasteiger partial charge is 0.495 e. The minimum atomic E-state index is -0.0736. The number of nitrogens with zero attached hydrogens (tertiary/aromatic N) is 3. The van der Waals surface area contributed by atoms with Crippen LogP contribution >= 0.6 is 0 Å². The van der Waals surface area contributed by atoms with Crippen molar-refractivity contribution in [3.05, 3.63) is 59.3 Å². The first kappa shape index (κ1) is 18.1. The van der Waals surface area contributed by atoms with Gasteiger partial charge < -0.3 is 14.4 Å². The van der Waals surface area contributed by atoms with Crippen molar-refractivity contribution in [1.82, 2.24) is 9.78 Å². The molecule has 1 aliphatic heterocycles. The fourth-order valence-corrected chi connectivity index (χ4v) is 3.50. The second kappa shape index (κ2) is 7.03. The van der Waals surface area contributed by atoms with Gasteiger partial charge in [0.15, 0.2) is 0 Å². The lowest BCUT2D eigenvalue weighted by atomic mass is 10.0. The SMILES string of the molecule is COc1ccc(C)cc1N(C)C(=O)Cn1ncc2c1-c1cc(C)ccc1OC2. The Kier molecular flexibility index (Phi) is 4.55. The summed E-state index contributed by atoms with van der Waals surface area (Å²) < 4.78 is 13.0. The summed E-state index contributed by atoms with van der Waals surface area (Å²) in [5.41, 5.74) is 5.85. The summed E-state index contributed by atoms with van der Waals surface area (Å²) in [6, 6.07) is 11.8. The molecule has 0 atom stereocenters. The van der Waals surface area contributed by atoms with Gasteiger partial charge in [-0.05, 0) is 43.7 Å². The number of amides is 1. The van der Waals surface area contributed by atoms with Crippen LogP contribution in [0.5, 0.6) is 11.5 Å². The molecule has 6 nitrogen and oxygen atoms in total. The van der Waals surface area contributed by atoms with Gasteiger partial charge in [-0.3, -0.25) is 9.48 Å². The Morgan fingerprint density at radius 2 is 1.96 bits per heavy atom. The molecule has 0 N–H and O–H groups in total. The van der Waals surface area contributed by atoms with E-state index in [2.05, 4.69) is 11.2 Å². The number of carbonyl (C=O) groups excluding carboxylic acids is 1. The van der Waals surface area contributed by atoms with Crippen LogP contribution in [-0.4, -0.2) is 29.8 Å². The number of ether oxygens (including phenoxy) is 2. The van der Waals surface area contributed by atoms with E-state index < -0.39 is 0 Å². The van der Waals surface area contributed by atoms with E-state index in [1.807, 2.05) is 44.2 Å². The number of aromatic nitrogens is 2. The summed E-state index contributed by atoms with van der Waals surface area (Å²) >= 11 is 0. The number of anilines is 1. The minimum absolute atomic E-state index is 0.0736. The van der Waals surface area contributed by atoms with Gasteiger partial charge in [0.2, 0.25) is 5.91 Å². The van der Waals surface area contributed by atoms with Crippen LogP contribution in [0.4, 0.5) is 5.69 Å². The molecule has 1 aliphatic rings. The molecule has 0 spiro atoms. The van der Waals surface area contributed by atoms with Crippen LogP contribution in [0.1, 0.15) is 16.7 Å². The molecule has 0 fully saturated rings. The van der Waals surface area contributed by atoms with Crippen LogP contribution in [0.15, 0.2) is 42.6 Å². The monoisotopic (exact) mass is 377 g/mol. The Balaban J connectivity index is 1.66. The number of likely N-dealkylation sites (N-methyl/N-ethyl adjacent to an activating group) is 1. The molecule has 1 amide bonds. The minimum Gasteiger partial charge on any atom is -0.495 e.